The molecule has 0 bridgehead atoms. The van der Waals surface area contributed by atoms with E-state index in [0.29, 0.717) is 33.9 Å². The van der Waals surface area contributed by atoms with Crippen LogP contribution in [0.3, 0.4) is 0 Å². The van der Waals surface area contributed by atoms with Gasteiger partial charge in [0.05, 0.1) is 22.3 Å². The number of rotatable bonds is 7. The van der Waals surface area contributed by atoms with Gasteiger partial charge in [0.2, 0.25) is 0 Å². The molecule has 0 saturated carbocycles. The highest BCUT2D eigenvalue weighted by molar-refractivity contribution is 7.99. The first-order valence-electron chi connectivity index (χ1n) is 10.9. The van der Waals surface area contributed by atoms with Gasteiger partial charge in [-0.3, -0.25) is 4.79 Å². The number of alkyl halides is 6. The van der Waals surface area contributed by atoms with Crippen LogP contribution in [-0.4, -0.2) is 56.4 Å². The summed E-state index contributed by atoms with van der Waals surface area (Å²) in [6.07, 6.45) is -10.7. The van der Waals surface area contributed by atoms with Gasteiger partial charge in [-0.2, -0.15) is 23.3 Å². The van der Waals surface area contributed by atoms with E-state index in [1.165, 1.54) is 22.3 Å². The van der Waals surface area contributed by atoms with Crippen molar-refractivity contribution in [1.82, 2.24) is 19.7 Å². The second-order valence-corrected chi connectivity index (χ2v) is 8.81. The Labute approximate surface area is 219 Å². The second kappa shape index (κ2) is 11.0. The number of amides is 1. The Hall–Kier alpha value is -4.05. The molecule has 1 amide bonds. The van der Waals surface area contributed by atoms with Crippen LogP contribution in [0.4, 0.5) is 26.3 Å². The van der Waals surface area contributed by atoms with Gasteiger partial charge in [-0.05, 0) is 24.3 Å². The number of aromatic nitrogens is 3. The number of para-hydroxylation sites is 2. The minimum atomic E-state index is -5.51. The highest BCUT2D eigenvalue weighted by Crippen LogP contribution is 2.30. The number of hydrogen-bond donors (Lipinski definition) is 1. The van der Waals surface area contributed by atoms with Gasteiger partial charge in [0.15, 0.2) is 5.16 Å². The third kappa shape index (κ3) is 6.51. The number of nitrogens with two attached hydrogens (primary N) is 1. The zero-order valence-corrected chi connectivity index (χ0v) is 20.3. The minimum absolute atomic E-state index is 0.0293. The van der Waals surface area contributed by atoms with Crippen molar-refractivity contribution in [3.63, 3.8) is 0 Å². The molecule has 0 radical (unpaired) electrons. The largest absolute Gasteiger partial charge is 0.573 e. The molecule has 16 heteroatoms. The molecule has 39 heavy (non-hydrogen) atoms. The molecule has 0 atom stereocenters. The van der Waals surface area contributed by atoms with Crippen LogP contribution >= 0.6 is 11.8 Å². The number of hydroxylamine groups is 2. The number of halogens is 6. The van der Waals surface area contributed by atoms with Crippen LogP contribution in [0.2, 0.25) is 0 Å². The van der Waals surface area contributed by atoms with Crippen molar-refractivity contribution in [3.8, 4) is 5.75 Å². The van der Waals surface area contributed by atoms with Gasteiger partial charge in [-0.1, -0.05) is 42.1 Å². The molecule has 0 aliphatic carbocycles. The summed E-state index contributed by atoms with van der Waals surface area (Å²) >= 11 is 1.25. The molecule has 2 N–H and O–H groups in total. The summed E-state index contributed by atoms with van der Waals surface area (Å²) in [5, 5.41) is 5.27. The molecular formula is C23H17F6N5O4S. The molecule has 4 aromatic rings. The Morgan fingerprint density at radius 1 is 1.03 bits per heavy atom. The van der Waals surface area contributed by atoms with Gasteiger partial charge in [-0.15, -0.1) is 13.2 Å². The molecule has 0 aliphatic rings. The van der Waals surface area contributed by atoms with Gasteiger partial charge in [0.1, 0.15) is 12.3 Å². The van der Waals surface area contributed by atoms with Crippen molar-refractivity contribution in [2.45, 2.75) is 24.2 Å². The van der Waals surface area contributed by atoms with Crippen LogP contribution in [-0.2, 0) is 16.2 Å². The van der Waals surface area contributed by atoms with E-state index in [4.69, 9.17) is 5.73 Å². The van der Waals surface area contributed by atoms with Crippen molar-refractivity contribution in [2.24, 2.45) is 5.73 Å². The van der Waals surface area contributed by atoms with Crippen LogP contribution in [0.5, 0.6) is 5.75 Å². The highest BCUT2D eigenvalue weighted by atomic mass is 32.2. The van der Waals surface area contributed by atoms with Crippen LogP contribution in [0.1, 0.15) is 16.1 Å². The summed E-state index contributed by atoms with van der Waals surface area (Å²) in [6, 6.07) is 12.3. The molecule has 2 aromatic heterocycles. The zero-order chi connectivity index (χ0) is 28.4. The number of nitrogens with zero attached hydrogens (tertiary/aromatic N) is 4. The Kier molecular flexibility index (Phi) is 7.87. The summed E-state index contributed by atoms with van der Waals surface area (Å²) in [7, 11) is 0. The Balaban J connectivity index is 1.77. The number of benzene rings is 2. The second-order valence-electron chi connectivity index (χ2n) is 7.74. The zero-order valence-electron chi connectivity index (χ0n) is 19.5. The fourth-order valence-corrected chi connectivity index (χ4v) is 4.19. The number of carbonyl (C=O) groups excluding carboxylic acids is 2. The highest BCUT2D eigenvalue weighted by Gasteiger charge is 2.44. The lowest BCUT2D eigenvalue weighted by Gasteiger charge is -2.22. The SMILES string of the molecule is NCCSc1nc2ccccc2c2cc(CN(OC(=O)C(F)(F)F)C(=O)c3ccccc3OC(F)(F)F)nn12. The third-order valence-electron chi connectivity index (χ3n) is 4.99. The lowest BCUT2D eigenvalue weighted by Crippen LogP contribution is -2.38. The summed E-state index contributed by atoms with van der Waals surface area (Å²) in [4.78, 5) is 33.6. The van der Waals surface area contributed by atoms with Crippen molar-refractivity contribution >= 4 is 40.1 Å². The van der Waals surface area contributed by atoms with E-state index in [1.807, 2.05) is 0 Å². The number of fused-ring (bicyclic) bond motifs is 3. The van der Waals surface area contributed by atoms with E-state index in [2.05, 4.69) is 19.7 Å². The van der Waals surface area contributed by atoms with Crippen molar-refractivity contribution in [1.29, 1.82) is 0 Å². The average molecular weight is 573 g/mol. The molecule has 0 aliphatic heterocycles. The van der Waals surface area contributed by atoms with E-state index in [1.54, 1.807) is 24.3 Å². The molecule has 4 rings (SSSR count). The first-order valence-corrected chi connectivity index (χ1v) is 11.9. The minimum Gasteiger partial charge on any atom is -0.405 e. The van der Waals surface area contributed by atoms with E-state index in [0.717, 1.165) is 24.3 Å². The maximum Gasteiger partial charge on any atom is 0.573 e. The summed E-state index contributed by atoms with van der Waals surface area (Å²) < 4.78 is 82.8. The summed E-state index contributed by atoms with van der Waals surface area (Å²) in [5.41, 5.74) is 5.76. The average Bonchev–Trinajstić information content (AvgIpc) is 3.29. The molecule has 0 saturated heterocycles. The Morgan fingerprint density at radius 3 is 2.41 bits per heavy atom. The quantitative estimate of drug-likeness (QED) is 0.149. The first-order chi connectivity index (χ1) is 18.4. The lowest BCUT2D eigenvalue weighted by atomic mass is 10.2. The maximum atomic E-state index is 13.1. The van der Waals surface area contributed by atoms with Crippen LogP contribution < -0.4 is 10.5 Å². The summed E-state index contributed by atoms with van der Waals surface area (Å²) in [5.74, 6) is -4.82. The molecule has 0 fully saturated rings. The van der Waals surface area contributed by atoms with E-state index in [9.17, 15) is 35.9 Å². The van der Waals surface area contributed by atoms with Gasteiger partial charge >= 0.3 is 18.5 Å². The predicted molar refractivity (Wildman–Crippen MR) is 125 cm³/mol. The Bertz CT molecular complexity index is 1520. The molecule has 2 aromatic carbocycles. The molecular weight excluding hydrogens is 556 g/mol. The number of ether oxygens (including phenoxy) is 1. The topological polar surface area (TPSA) is 112 Å². The molecule has 9 nitrogen and oxygen atoms in total. The van der Waals surface area contributed by atoms with Gasteiger partial charge < -0.3 is 15.3 Å². The normalized spacial score (nSPS) is 12.1. The lowest BCUT2D eigenvalue weighted by molar-refractivity contribution is -0.274. The third-order valence-corrected chi connectivity index (χ3v) is 5.95. The monoisotopic (exact) mass is 573 g/mol. The standard InChI is InChI=1S/C23H17F6N5O4S/c24-22(25,26)20(36)38-33(19(35)15-6-2-4-8-18(15)37-23(27,28)29)12-13-11-17-14-5-1-3-7-16(14)31-21(34(17)32-13)39-10-9-30/h1-8,11H,9-10,12,30H2. The molecule has 0 unspecified atom stereocenters. The van der Waals surface area contributed by atoms with Gasteiger partial charge in [-0.25, -0.2) is 14.3 Å². The molecule has 206 valence electrons. The number of carbonyl (C=O) groups is 2. The van der Waals surface area contributed by atoms with E-state index in [-0.39, 0.29) is 10.8 Å². The fourth-order valence-electron chi connectivity index (χ4n) is 3.46. The summed E-state index contributed by atoms with van der Waals surface area (Å²) in [6.45, 7) is -0.540. The van der Waals surface area contributed by atoms with Crippen molar-refractivity contribution < 1.29 is 45.5 Å². The smallest absolute Gasteiger partial charge is 0.405 e. The van der Waals surface area contributed by atoms with Crippen molar-refractivity contribution in [3.05, 3.63) is 65.9 Å². The van der Waals surface area contributed by atoms with E-state index >= 15 is 0 Å². The van der Waals surface area contributed by atoms with Crippen molar-refractivity contribution in [2.75, 3.05) is 12.3 Å². The van der Waals surface area contributed by atoms with Gasteiger partial charge in [0.25, 0.3) is 5.91 Å². The maximum absolute atomic E-state index is 13.1. The van der Waals surface area contributed by atoms with Crippen LogP contribution in [0.25, 0.3) is 16.4 Å². The predicted octanol–water partition coefficient (Wildman–Crippen LogP) is 4.49. The van der Waals surface area contributed by atoms with Crippen LogP contribution in [0, 0.1) is 0 Å². The van der Waals surface area contributed by atoms with E-state index < -0.39 is 42.3 Å². The molecule has 2 heterocycles. The fraction of sp³-hybridized carbons (Fsp3) is 0.217. The van der Waals surface area contributed by atoms with Gasteiger partial charge in [0, 0.05) is 17.7 Å². The number of hydrogen-bond acceptors (Lipinski definition) is 8. The first kappa shape index (κ1) is 28.0. The molecule has 0 spiro atoms. The number of thioether (sulfide) groups is 1. The van der Waals surface area contributed by atoms with Crippen LogP contribution in [0.15, 0.2) is 59.8 Å². The Morgan fingerprint density at radius 2 is 1.72 bits per heavy atom.